The molecule has 0 atom stereocenters. The molecule has 0 radical (unpaired) electrons. The Morgan fingerprint density at radius 2 is 2.00 bits per heavy atom. The summed E-state index contributed by atoms with van der Waals surface area (Å²) in [4.78, 5) is 12.2. The van der Waals surface area contributed by atoms with E-state index in [0.29, 0.717) is 0 Å². The molecule has 0 fully saturated rings. The molecule has 80 valence electrons. The average Bonchev–Trinajstić information content (AvgIpc) is 2.56. The van der Waals surface area contributed by atoms with Gasteiger partial charge in [0.2, 0.25) is 0 Å². The molecule has 0 heterocycles. The van der Waals surface area contributed by atoms with Crippen LogP contribution in [-0.2, 0) is 0 Å². The number of hydrogen-bond donors (Lipinski definition) is 0. The quantitative estimate of drug-likeness (QED) is 0.681. The molecule has 0 N–H and O–H groups in total. The van der Waals surface area contributed by atoms with E-state index in [0.717, 1.165) is 44.1 Å². The van der Waals surface area contributed by atoms with Gasteiger partial charge < -0.3 is 0 Å². The van der Waals surface area contributed by atoms with Gasteiger partial charge in [0.15, 0.2) is 5.78 Å². The molecule has 0 aromatic heterocycles. The fraction of sp³-hybridized carbons (Fsp3) is 0.154. The van der Waals surface area contributed by atoms with E-state index >= 15 is 0 Å². The maximum Gasteiger partial charge on any atom is 0.190 e. The van der Waals surface area contributed by atoms with E-state index < -0.39 is 0 Å². The number of benzene rings is 1. The van der Waals surface area contributed by atoms with Crippen molar-refractivity contribution in [2.24, 2.45) is 0 Å². The van der Waals surface area contributed by atoms with E-state index in [2.05, 4.69) is 37.9 Å². The molecule has 0 bridgehead atoms. The number of allylic oxidation sites excluding steroid dienone is 4. The lowest BCUT2D eigenvalue weighted by Gasteiger charge is -2.12. The first-order valence-corrected chi connectivity index (χ1v) is 6.71. The second-order valence-corrected chi connectivity index (χ2v) is 5.64. The first-order valence-electron chi connectivity index (χ1n) is 5.13. The Morgan fingerprint density at radius 1 is 1.19 bits per heavy atom. The van der Waals surface area contributed by atoms with E-state index in [9.17, 15) is 4.79 Å². The predicted molar refractivity (Wildman–Crippen MR) is 71.6 cm³/mol. The molecule has 1 nitrogen and oxygen atoms in total. The number of carbonyl (C=O) groups excluding carboxylic acids is 1. The van der Waals surface area contributed by atoms with Crippen molar-refractivity contribution in [1.82, 2.24) is 0 Å². The molecular weight excluding hydrogens is 332 g/mol. The minimum Gasteiger partial charge on any atom is -0.289 e. The molecule has 1 aromatic rings. The summed E-state index contributed by atoms with van der Waals surface area (Å²) in [5.74, 6) is 0.191. The molecule has 0 saturated carbocycles. The molecular formula is C13H8Br2O. The van der Waals surface area contributed by atoms with E-state index in [4.69, 9.17) is 0 Å². The lowest BCUT2D eigenvalue weighted by atomic mass is 9.98. The molecule has 1 aromatic carbocycles. The highest BCUT2D eigenvalue weighted by Gasteiger charge is 2.33. The maximum atomic E-state index is 12.2. The van der Waals surface area contributed by atoms with Crippen LogP contribution in [0.5, 0.6) is 0 Å². The van der Waals surface area contributed by atoms with Crippen LogP contribution in [0.25, 0.3) is 5.57 Å². The summed E-state index contributed by atoms with van der Waals surface area (Å²) in [7, 11) is 0. The predicted octanol–water partition coefficient (Wildman–Crippen LogP) is 4.47. The molecule has 3 heteroatoms. The van der Waals surface area contributed by atoms with Crippen molar-refractivity contribution in [3.8, 4) is 0 Å². The van der Waals surface area contributed by atoms with Gasteiger partial charge in [-0.25, -0.2) is 0 Å². The van der Waals surface area contributed by atoms with Crippen LogP contribution in [0.2, 0.25) is 0 Å². The van der Waals surface area contributed by atoms with Crippen molar-refractivity contribution in [3.05, 3.63) is 49.9 Å². The van der Waals surface area contributed by atoms with Crippen LogP contribution in [0, 0.1) is 0 Å². The number of rotatable bonds is 0. The second-order valence-electron chi connectivity index (χ2n) is 3.94. The van der Waals surface area contributed by atoms with Crippen molar-refractivity contribution < 1.29 is 4.79 Å². The summed E-state index contributed by atoms with van der Waals surface area (Å²) in [6.07, 6.45) is 3.93. The number of ketones is 1. The summed E-state index contributed by atoms with van der Waals surface area (Å²) in [6, 6.07) is 5.80. The van der Waals surface area contributed by atoms with Crippen molar-refractivity contribution in [2.75, 3.05) is 0 Å². The smallest absolute Gasteiger partial charge is 0.190 e. The van der Waals surface area contributed by atoms with E-state index in [1.165, 1.54) is 0 Å². The monoisotopic (exact) mass is 338 g/mol. The van der Waals surface area contributed by atoms with Crippen molar-refractivity contribution in [3.63, 3.8) is 0 Å². The summed E-state index contributed by atoms with van der Waals surface area (Å²) in [5.41, 5.74) is 3.91. The van der Waals surface area contributed by atoms with Crippen LogP contribution in [0.4, 0.5) is 0 Å². The van der Waals surface area contributed by atoms with Gasteiger partial charge in [-0.1, -0.05) is 50.1 Å². The van der Waals surface area contributed by atoms with Gasteiger partial charge >= 0.3 is 0 Å². The highest BCUT2D eigenvalue weighted by molar-refractivity contribution is 9.12. The van der Waals surface area contributed by atoms with Crippen molar-refractivity contribution >= 4 is 43.2 Å². The molecule has 0 saturated heterocycles. The van der Waals surface area contributed by atoms with Crippen molar-refractivity contribution in [1.29, 1.82) is 0 Å². The summed E-state index contributed by atoms with van der Waals surface area (Å²) in [5, 5.41) is 0. The lowest BCUT2D eigenvalue weighted by Crippen LogP contribution is -2.00. The zero-order chi connectivity index (χ0) is 11.3. The van der Waals surface area contributed by atoms with Gasteiger partial charge in [-0.3, -0.25) is 4.79 Å². The van der Waals surface area contributed by atoms with E-state index in [-0.39, 0.29) is 5.78 Å². The number of hydrogen-bond acceptors (Lipinski definition) is 1. The van der Waals surface area contributed by atoms with Crippen LogP contribution < -0.4 is 0 Å². The fourth-order valence-corrected chi connectivity index (χ4v) is 3.57. The molecule has 2 aliphatic rings. The first-order chi connectivity index (χ1) is 7.70. The van der Waals surface area contributed by atoms with E-state index in [1.54, 1.807) is 0 Å². The molecule has 3 rings (SSSR count). The summed E-state index contributed by atoms with van der Waals surface area (Å²) in [6.45, 7) is 0. The third-order valence-electron chi connectivity index (χ3n) is 3.04. The first kappa shape index (κ1) is 10.5. The van der Waals surface area contributed by atoms with Gasteiger partial charge in [-0.15, -0.1) is 0 Å². The maximum absolute atomic E-state index is 12.2. The Hall–Kier alpha value is -0.670. The van der Waals surface area contributed by atoms with Gasteiger partial charge in [-0.05, 0) is 18.9 Å². The number of Topliss-reactive ketones (excluding diaryl/α,β-unsaturated/α-hetero) is 1. The average molecular weight is 340 g/mol. The zero-order valence-electron chi connectivity index (χ0n) is 8.39. The minimum absolute atomic E-state index is 0.191. The van der Waals surface area contributed by atoms with Gasteiger partial charge in [0.25, 0.3) is 0 Å². The third-order valence-corrected chi connectivity index (χ3v) is 4.42. The Balaban J connectivity index is 2.34. The Bertz CT molecular complexity index is 567. The normalized spacial score (nSPS) is 18.4. The Morgan fingerprint density at radius 3 is 2.81 bits per heavy atom. The lowest BCUT2D eigenvalue weighted by molar-refractivity contribution is 0.103. The topological polar surface area (TPSA) is 17.1 Å². The van der Waals surface area contributed by atoms with Gasteiger partial charge in [0.1, 0.15) is 0 Å². The number of carbonyl (C=O) groups is 1. The Labute approximate surface area is 110 Å². The van der Waals surface area contributed by atoms with Crippen molar-refractivity contribution in [2.45, 2.75) is 12.8 Å². The number of halogens is 2. The molecule has 0 amide bonds. The van der Waals surface area contributed by atoms with Crippen LogP contribution in [0.15, 0.2) is 38.8 Å². The van der Waals surface area contributed by atoms with E-state index in [1.807, 2.05) is 18.2 Å². The molecule has 0 unspecified atom stereocenters. The second kappa shape index (κ2) is 3.67. The standard InChI is InChI=1S/C13H8Br2O/c14-9-5-1-3-7-11(9)12-8(13(7)16)4-2-6-10(12)15/h1,3,5-6H,2,4H2. The third kappa shape index (κ3) is 1.31. The molecule has 2 aliphatic carbocycles. The SMILES string of the molecule is O=C1C2=C(C(Br)=CCC2)c2c(Br)cccc21. The van der Waals surface area contributed by atoms with Crippen LogP contribution in [0.1, 0.15) is 28.8 Å². The molecule has 16 heavy (non-hydrogen) atoms. The Kier molecular flexibility index (Phi) is 2.41. The molecule has 0 aliphatic heterocycles. The molecule has 0 spiro atoms. The fourth-order valence-electron chi connectivity index (χ4n) is 2.34. The largest absolute Gasteiger partial charge is 0.289 e. The summed E-state index contributed by atoms with van der Waals surface area (Å²) >= 11 is 7.09. The van der Waals surface area contributed by atoms with Gasteiger partial charge in [-0.2, -0.15) is 0 Å². The van der Waals surface area contributed by atoms with Crippen LogP contribution in [-0.4, -0.2) is 5.78 Å². The zero-order valence-corrected chi connectivity index (χ0v) is 11.6. The van der Waals surface area contributed by atoms with Crippen LogP contribution in [0.3, 0.4) is 0 Å². The highest BCUT2D eigenvalue weighted by atomic mass is 79.9. The van der Waals surface area contributed by atoms with Crippen LogP contribution >= 0.6 is 31.9 Å². The minimum atomic E-state index is 0.191. The van der Waals surface area contributed by atoms with Gasteiger partial charge in [0.05, 0.1) is 0 Å². The highest BCUT2D eigenvalue weighted by Crippen LogP contribution is 2.46. The summed E-state index contributed by atoms with van der Waals surface area (Å²) < 4.78 is 2.04. The van der Waals surface area contributed by atoms with Gasteiger partial charge in [0, 0.05) is 31.2 Å². The number of fused-ring (bicyclic) bond motifs is 2.